The van der Waals surface area contributed by atoms with Crippen LogP contribution in [0.4, 0.5) is 0 Å². The number of aryl methyl sites for hydroxylation is 1. The molecule has 2 aromatic rings. The zero-order chi connectivity index (χ0) is 13.2. The van der Waals surface area contributed by atoms with Crippen molar-refractivity contribution in [3.05, 3.63) is 42.0 Å². The standard InChI is InChI=1S/C14H14N4O.H3N/c1-10-8-18(9-17-10)12-4-3-11(7-13(12)19-2)14-15-5-6-16-14;/h3-5,7-9H,6H2,1-2H3;1H3. The number of methoxy groups -OCH3 is 1. The summed E-state index contributed by atoms with van der Waals surface area (Å²) in [4.78, 5) is 12.8. The molecule has 0 bridgehead atoms. The third-order valence-corrected chi connectivity index (χ3v) is 2.96. The Morgan fingerprint density at radius 2 is 2.15 bits per heavy atom. The molecular formula is C14H17N5O. The van der Waals surface area contributed by atoms with Gasteiger partial charge < -0.3 is 15.5 Å². The second kappa shape index (κ2) is 5.66. The Kier molecular flexibility index (Phi) is 3.95. The Morgan fingerprint density at radius 3 is 2.75 bits per heavy atom. The van der Waals surface area contributed by atoms with Gasteiger partial charge in [0.05, 0.1) is 31.4 Å². The Hall–Kier alpha value is -2.47. The van der Waals surface area contributed by atoms with Gasteiger partial charge in [-0.1, -0.05) is 0 Å². The molecule has 1 aliphatic rings. The van der Waals surface area contributed by atoms with Gasteiger partial charge in [0.1, 0.15) is 5.75 Å². The van der Waals surface area contributed by atoms with Crippen molar-refractivity contribution < 1.29 is 4.74 Å². The number of hydrogen-bond donors (Lipinski definition) is 1. The number of rotatable bonds is 3. The molecule has 3 rings (SSSR count). The molecule has 0 fully saturated rings. The van der Waals surface area contributed by atoms with Crippen LogP contribution in [0.15, 0.2) is 40.7 Å². The van der Waals surface area contributed by atoms with Crippen molar-refractivity contribution in [1.29, 1.82) is 0 Å². The number of nitrogens with zero attached hydrogens (tertiary/aromatic N) is 4. The van der Waals surface area contributed by atoms with Crippen LogP contribution >= 0.6 is 0 Å². The molecule has 0 aliphatic carbocycles. The first-order chi connectivity index (χ1) is 9.28. The second-order valence-electron chi connectivity index (χ2n) is 4.28. The maximum Gasteiger partial charge on any atom is 0.154 e. The van der Waals surface area contributed by atoms with Crippen LogP contribution in [0.1, 0.15) is 11.3 Å². The Morgan fingerprint density at radius 1 is 1.30 bits per heavy atom. The summed E-state index contributed by atoms with van der Waals surface area (Å²) in [6, 6.07) is 5.94. The number of benzene rings is 1. The summed E-state index contributed by atoms with van der Waals surface area (Å²) in [6.45, 7) is 2.61. The van der Waals surface area contributed by atoms with Gasteiger partial charge in [-0.3, -0.25) is 4.99 Å². The highest BCUT2D eigenvalue weighted by molar-refractivity contribution is 6.06. The van der Waals surface area contributed by atoms with Gasteiger partial charge >= 0.3 is 0 Å². The number of ether oxygens (including phenoxy) is 1. The zero-order valence-electron chi connectivity index (χ0n) is 11.6. The van der Waals surface area contributed by atoms with Gasteiger partial charge in [-0.05, 0) is 25.1 Å². The predicted molar refractivity (Wildman–Crippen MR) is 79.8 cm³/mol. The minimum Gasteiger partial charge on any atom is -0.495 e. The Balaban J connectivity index is 0.00000147. The Bertz CT molecular complexity index is 672. The fraction of sp³-hybridized carbons (Fsp3) is 0.214. The molecule has 20 heavy (non-hydrogen) atoms. The fourth-order valence-corrected chi connectivity index (χ4v) is 2.04. The van der Waals surface area contributed by atoms with Crippen LogP contribution in [0.3, 0.4) is 0 Å². The zero-order valence-corrected chi connectivity index (χ0v) is 11.6. The lowest BCUT2D eigenvalue weighted by Gasteiger charge is -2.10. The van der Waals surface area contributed by atoms with Crippen LogP contribution < -0.4 is 10.9 Å². The van der Waals surface area contributed by atoms with Crippen LogP contribution in [0.5, 0.6) is 5.75 Å². The van der Waals surface area contributed by atoms with E-state index in [-0.39, 0.29) is 6.15 Å². The molecule has 0 radical (unpaired) electrons. The highest BCUT2D eigenvalue weighted by atomic mass is 16.5. The van der Waals surface area contributed by atoms with E-state index in [0.717, 1.165) is 28.5 Å². The fourth-order valence-electron chi connectivity index (χ4n) is 2.04. The summed E-state index contributed by atoms with van der Waals surface area (Å²) in [5.74, 6) is 1.53. The lowest BCUT2D eigenvalue weighted by Crippen LogP contribution is -2.00. The number of amidine groups is 1. The minimum absolute atomic E-state index is 0. The molecule has 1 aliphatic heterocycles. The van der Waals surface area contributed by atoms with Crippen LogP contribution in [-0.2, 0) is 0 Å². The van der Waals surface area contributed by atoms with Crippen molar-refractivity contribution in [3.8, 4) is 11.4 Å². The maximum absolute atomic E-state index is 5.45. The summed E-state index contributed by atoms with van der Waals surface area (Å²) >= 11 is 0. The molecule has 0 amide bonds. The number of imidazole rings is 1. The molecule has 1 aromatic carbocycles. The van der Waals surface area contributed by atoms with Gasteiger partial charge in [0, 0.05) is 18.0 Å². The van der Waals surface area contributed by atoms with Crippen molar-refractivity contribution in [2.45, 2.75) is 6.92 Å². The summed E-state index contributed by atoms with van der Waals surface area (Å²) in [7, 11) is 1.66. The molecule has 6 nitrogen and oxygen atoms in total. The topological polar surface area (TPSA) is 86.8 Å². The minimum atomic E-state index is 0. The highest BCUT2D eigenvalue weighted by Gasteiger charge is 2.11. The Labute approximate surface area is 117 Å². The van der Waals surface area contributed by atoms with Crippen molar-refractivity contribution in [2.75, 3.05) is 13.7 Å². The van der Waals surface area contributed by atoms with E-state index in [1.165, 1.54) is 0 Å². The van der Waals surface area contributed by atoms with Crippen molar-refractivity contribution >= 4 is 12.1 Å². The lowest BCUT2D eigenvalue weighted by atomic mass is 10.1. The van der Waals surface area contributed by atoms with E-state index in [1.807, 2.05) is 35.9 Å². The molecule has 6 heteroatoms. The molecular weight excluding hydrogens is 254 g/mol. The molecule has 104 valence electrons. The monoisotopic (exact) mass is 271 g/mol. The molecule has 0 spiro atoms. The third kappa shape index (κ3) is 2.46. The first kappa shape index (κ1) is 14.0. The van der Waals surface area contributed by atoms with Gasteiger partial charge in [-0.15, -0.1) is 0 Å². The van der Waals surface area contributed by atoms with Crippen LogP contribution in [-0.4, -0.2) is 35.3 Å². The molecule has 0 saturated heterocycles. The largest absolute Gasteiger partial charge is 0.495 e. The van der Waals surface area contributed by atoms with E-state index in [0.29, 0.717) is 6.54 Å². The average Bonchev–Trinajstić information content (AvgIpc) is 3.09. The van der Waals surface area contributed by atoms with Crippen molar-refractivity contribution in [1.82, 2.24) is 15.7 Å². The first-order valence-corrected chi connectivity index (χ1v) is 6.04. The summed E-state index contributed by atoms with van der Waals surface area (Å²) in [5.41, 5.74) is 2.89. The van der Waals surface area contributed by atoms with Crippen LogP contribution in [0.25, 0.3) is 5.69 Å². The number of aromatic nitrogens is 2. The highest BCUT2D eigenvalue weighted by Crippen LogP contribution is 2.25. The second-order valence-corrected chi connectivity index (χ2v) is 4.28. The summed E-state index contributed by atoms with van der Waals surface area (Å²) < 4.78 is 7.40. The quantitative estimate of drug-likeness (QED) is 0.928. The van der Waals surface area contributed by atoms with Crippen LogP contribution in [0, 0.1) is 6.92 Å². The molecule has 3 N–H and O–H groups in total. The first-order valence-electron chi connectivity index (χ1n) is 6.04. The smallest absolute Gasteiger partial charge is 0.154 e. The molecule has 2 heterocycles. The molecule has 0 atom stereocenters. The number of hydrogen-bond acceptors (Lipinski definition) is 5. The van der Waals surface area contributed by atoms with Gasteiger partial charge in [0.25, 0.3) is 0 Å². The van der Waals surface area contributed by atoms with Gasteiger partial charge in [0.2, 0.25) is 0 Å². The van der Waals surface area contributed by atoms with Crippen molar-refractivity contribution in [3.63, 3.8) is 0 Å². The molecule has 1 aromatic heterocycles. The van der Waals surface area contributed by atoms with E-state index >= 15 is 0 Å². The van der Waals surface area contributed by atoms with E-state index in [9.17, 15) is 0 Å². The third-order valence-electron chi connectivity index (χ3n) is 2.96. The number of aliphatic imine (C=N–C) groups is 2. The normalized spacial score (nSPS) is 13.0. The van der Waals surface area contributed by atoms with Gasteiger partial charge in [0.15, 0.2) is 5.84 Å². The average molecular weight is 271 g/mol. The lowest BCUT2D eigenvalue weighted by molar-refractivity contribution is 0.413. The SMILES string of the molecule is COc1cc(C2=NCC=N2)ccc1-n1cnc(C)c1.N. The maximum atomic E-state index is 5.45. The van der Waals surface area contributed by atoms with E-state index in [1.54, 1.807) is 19.7 Å². The summed E-state index contributed by atoms with van der Waals surface area (Å²) in [5, 5.41) is 0. The van der Waals surface area contributed by atoms with Gasteiger partial charge in [-0.25, -0.2) is 9.98 Å². The summed E-state index contributed by atoms with van der Waals surface area (Å²) in [6.07, 6.45) is 5.54. The van der Waals surface area contributed by atoms with Crippen molar-refractivity contribution in [2.24, 2.45) is 9.98 Å². The predicted octanol–water partition coefficient (Wildman–Crippen LogP) is 2.18. The van der Waals surface area contributed by atoms with E-state index < -0.39 is 0 Å². The van der Waals surface area contributed by atoms with Gasteiger partial charge in [-0.2, -0.15) is 0 Å². The molecule has 0 saturated carbocycles. The van der Waals surface area contributed by atoms with Crippen LogP contribution in [0.2, 0.25) is 0 Å². The van der Waals surface area contributed by atoms with E-state index in [4.69, 9.17) is 4.74 Å². The molecule has 0 unspecified atom stereocenters. The van der Waals surface area contributed by atoms with E-state index in [2.05, 4.69) is 15.0 Å².